The quantitative estimate of drug-likeness (QED) is 0.512. The number of amides is 2. The first kappa shape index (κ1) is 22.7. The number of fused-ring (bicyclic) bond motifs is 1. The molecule has 0 bridgehead atoms. The van der Waals surface area contributed by atoms with Crippen LogP contribution in [0.3, 0.4) is 0 Å². The Bertz CT molecular complexity index is 1280. The van der Waals surface area contributed by atoms with Gasteiger partial charge in [-0.05, 0) is 55.0 Å². The first-order chi connectivity index (χ1) is 16.2. The zero-order valence-electron chi connectivity index (χ0n) is 18.3. The molecule has 3 heterocycles. The largest absolute Gasteiger partial charge is 0.390 e. The van der Waals surface area contributed by atoms with Gasteiger partial charge in [-0.15, -0.1) is 11.3 Å². The minimum absolute atomic E-state index is 0.0501. The number of imidazole rings is 1. The zero-order valence-corrected chi connectivity index (χ0v) is 19.2. The Hall–Kier alpha value is -3.11. The van der Waals surface area contributed by atoms with E-state index in [-0.39, 0.29) is 27.1 Å². The Balaban J connectivity index is 1.38. The Kier molecular flexibility index (Phi) is 5.52. The van der Waals surface area contributed by atoms with Crippen LogP contribution in [0.4, 0.5) is 14.7 Å². The number of carbonyl (C=O) groups is 2. The average molecular weight is 487 g/mol. The smallest absolute Gasteiger partial charge is 0.304 e. The molecule has 2 fully saturated rings. The van der Waals surface area contributed by atoms with Crippen LogP contribution in [0.2, 0.25) is 0 Å². The number of aliphatic hydroxyl groups excluding tert-OH is 1. The van der Waals surface area contributed by atoms with Crippen molar-refractivity contribution in [3.05, 3.63) is 58.8 Å². The van der Waals surface area contributed by atoms with E-state index in [0.29, 0.717) is 30.4 Å². The number of halogens is 2. The molecule has 0 radical (unpaired) electrons. The number of nitrogens with zero attached hydrogens (tertiary/aromatic N) is 3. The second-order valence-corrected chi connectivity index (χ2v) is 10.1. The van der Waals surface area contributed by atoms with Crippen LogP contribution in [0.25, 0.3) is 11.0 Å². The van der Waals surface area contributed by atoms with Crippen LogP contribution in [0, 0.1) is 5.41 Å². The third-order valence-electron chi connectivity index (χ3n) is 6.84. The predicted octanol–water partition coefficient (Wildman–Crippen LogP) is 4.17. The Labute approximate surface area is 198 Å². The topological polar surface area (TPSA) is 87.5 Å². The Morgan fingerprint density at radius 2 is 2.06 bits per heavy atom. The molecule has 0 atom stereocenters. The summed E-state index contributed by atoms with van der Waals surface area (Å²) in [6.07, 6.45) is 3.97. The molecule has 3 aromatic rings. The summed E-state index contributed by atoms with van der Waals surface area (Å²) in [6.45, 7) is 3.67. The highest BCUT2D eigenvalue weighted by Gasteiger charge is 2.50. The van der Waals surface area contributed by atoms with Gasteiger partial charge < -0.3 is 14.6 Å². The van der Waals surface area contributed by atoms with Gasteiger partial charge in [0.1, 0.15) is 6.61 Å². The minimum atomic E-state index is -3.39. The summed E-state index contributed by atoms with van der Waals surface area (Å²) in [5.41, 5.74) is 1.66. The molecule has 1 aliphatic heterocycles. The maximum absolute atomic E-state index is 13.8. The number of benzene rings is 1. The van der Waals surface area contributed by atoms with Crippen molar-refractivity contribution in [3.8, 4) is 0 Å². The summed E-state index contributed by atoms with van der Waals surface area (Å²) >= 11 is 0.648. The summed E-state index contributed by atoms with van der Waals surface area (Å²) in [5, 5.41) is 11.7. The first-order valence-corrected chi connectivity index (χ1v) is 11.9. The number of thiophene rings is 1. The highest BCUT2D eigenvalue weighted by molar-refractivity contribution is 7.14. The second-order valence-electron chi connectivity index (χ2n) is 9.05. The van der Waals surface area contributed by atoms with Gasteiger partial charge in [0.15, 0.2) is 0 Å². The van der Waals surface area contributed by atoms with Crippen LogP contribution in [-0.4, -0.2) is 51.1 Å². The molecule has 5 rings (SSSR count). The van der Waals surface area contributed by atoms with Gasteiger partial charge in [0.25, 0.3) is 5.91 Å². The maximum Gasteiger partial charge on any atom is 0.304 e. The van der Waals surface area contributed by atoms with E-state index in [0.717, 1.165) is 36.4 Å². The third-order valence-corrected chi connectivity index (χ3v) is 8.03. The lowest BCUT2D eigenvalue weighted by molar-refractivity contribution is -0.125. The van der Waals surface area contributed by atoms with Crippen LogP contribution in [-0.2, 0) is 10.7 Å². The van der Waals surface area contributed by atoms with Gasteiger partial charge in [-0.2, -0.15) is 8.78 Å². The van der Waals surface area contributed by atoms with E-state index in [4.69, 9.17) is 5.11 Å². The van der Waals surface area contributed by atoms with Crippen LogP contribution in [0.1, 0.15) is 39.9 Å². The van der Waals surface area contributed by atoms with Crippen molar-refractivity contribution in [2.24, 2.45) is 5.41 Å². The van der Waals surface area contributed by atoms with Gasteiger partial charge in [-0.3, -0.25) is 14.9 Å². The van der Waals surface area contributed by atoms with E-state index < -0.39 is 18.4 Å². The molecule has 178 valence electrons. The van der Waals surface area contributed by atoms with E-state index >= 15 is 0 Å². The molecule has 34 heavy (non-hydrogen) atoms. The standard InChI is InChI=1S/C24H24F2N4O3S/c1-2-20(32)29-10-9-23(13-29)11-15(12-23)30-17-6-4-3-5-16(17)27-22(30)28-21(33)18-7-8-19(34-18)24(25,26)14-31/h2-8,15,31H,1,9-14H2,(H,27,28,33). The van der Waals surface area contributed by atoms with Crippen molar-refractivity contribution in [2.45, 2.75) is 31.2 Å². The van der Waals surface area contributed by atoms with Crippen molar-refractivity contribution in [1.82, 2.24) is 14.5 Å². The summed E-state index contributed by atoms with van der Waals surface area (Å²) in [7, 11) is 0. The number of rotatable bonds is 6. The number of para-hydroxylation sites is 2. The van der Waals surface area contributed by atoms with Crippen LogP contribution in [0.15, 0.2) is 49.1 Å². The molecule has 2 aromatic heterocycles. The first-order valence-electron chi connectivity index (χ1n) is 11.0. The summed E-state index contributed by atoms with van der Waals surface area (Å²) in [4.78, 5) is 31.1. The SMILES string of the molecule is C=CC(=O)N1CCC2(CC(n3c(NC(=O)c4ccc(C(F)(F)CO)s4)nc4ccccc43)C2)C1. The summed E-state index contributed by atoms with van der Waals surface area (Å²) < 4.78 is 29.6. The Morgan fingerprint density at radius 3 is 2.79 bits per heavy atom. The van der Waals surface area contributed by atoms with Crippen LogP contribution in [0.5, 0.6) is 0 Å². The maximum atomic E-state index is 13.8. The third kappa shape index (κ3) is 3.80. The number of alkyl halides is 2. The van der Waals surface area contributed by atoms with Gasteiger partial charge in [0.2, 0.25) is 11.9 Å². The molecule has 1 aromatic carbocycles. The normalized spacial score (nSPS) is 22.2. The monoisotopic (exact) mass is 486 g/mol. The van der Waals surface area contributed by atoms with E-state index in [1.165, 1.54) is 12.1 Å². The number of nitrogens with one attached hydrogen (secondary N) is 1. The number of hydrogen-bond acceptors (Lipinski definition) is 5. The van der Waals surface area contributed by atoms with Gasteiger partial charge in [0.05, 0.1) is 20.8 Å². The van der Waals surface area contributed by atoms with Crippen molar-refractivity contribution < 1.29 is 23.5 Å². The molecule has 1 spiro atoms. The van der Waals surface area contributed by atoms with Gasteiger partial charge in [-0.25, -0.2) is 4.98 Å². The van der Waals surface area contributed by atoms with Crippen LogP contribution < -0.4 is 5.32 Å². The highest BCUT2D eigenvalue weighted by Crippen LogP contribution is 2.55. The number of carbonyl (C=O) groups excluding carboxylic acids is 2. The highest BCUT2D eigenvalue weighted by atomic mass is 32.1. The van der Waals surface area contributed by atoms with E-state index in [2.05, 4.69) is 16.9 Å². The summed E-state index contributed by atoms with van der Waals surface area (Å²) in [6, 6.07) is 10.2. The van der Waals surface area contributed by atoms with Gasteiger partial charge >= 0.3 is 5.92 Å². The van der Waals surface area contributed by atoms with E-state index in [1.54, 1.807) is 0 Å². The molecule has 2 N–H and O–H groups in total. The van der Waals surface area contributed by atoms with E-state index in [9.17, 15) is 18.4 Å². The average Bonchev–Trinajstić information content (AvgIpc) is 3.54. The van der Waals surface area contributed by atoms with Crippen molar-refractivity contribution in [2.75, 3.05) is 25.0 Å². The molecular formula is C24H24F2N4O3S. The number of likely N-dealkylation sites (tertiary alicyclic amines) is 1. The molecular weight excluding hydrogens is 462 g/mol. The molecule has 1 saturated carbocycles. The number of hydrogen-bond donors (Lipinski definition) is 2. The fraction of sp³-hybridized carbons (Fsp3) is 0.375. The molecule has 2 aliphatic rings. The van der Waals surface area contributed by atoms with Crippen LogP contribution >= 0.6 is 11.3 Å². The molecule has 1 saturated heterocycles. The molecule has 7 nitrogen and oxygen atoms in total. The van der Waals surface area contributed by atoms with Crippen molar-refractivity contribution in [3.63, 3.8) is 0 Å². The van der Waals surface area contributed by atoms with Crippen molar-refractivity contribution >= 4 is 40.1 Å². The Morgan fingerprint density at radius 1 is 1.29 bits per heavy atom. The fourth-order valence-electron chi connectivity index (χ4n) is 5.11. The van der Waals surface area contributed by atoms with Crippen molar-refractivity contribution in [1.29, 1.82) is 0 Å². The molecule has 2 amide bonds. The number of aromatic nitrogens is 2. The number of anilines is 1. The lowest BCUT2D eigenvalue weighted by atomic mass is 9.65. The van der Waals surface area contributed by atoms with Gasteiger partial charge in [0, 0.05) is 19.1 Å². The lowest BCUT2D eigenvalue weighted by Gasteiger charge is -2.46. The lowest BCUT2D eigenvalue weighted by Crippen LogP contribution is -2.42. The summed E-state index contributed by atoms with van der Waals surface area (Å²) in [5.74, 6) is -3.60. The fourth-order valence-corrected chi connectivity index (χ4v) is 5.97. The molecule has 10 heteroatoms. The molecule has 1 aliphatic carbocycles. The number of aliphatic hydroxyl groups is 1. The second kappa shape index (κ2) is 8.28. The minimum Gasteiger partial charge on any atom is -0.390 e. The zero-order chi connectivity index (χ0) is 24.1. The predicted molar refractivity (Wildman–Crippen MR) is 125 cm³/mol. The molecule has 0 unspecified atom stereocenters. The van der Waals surface area contributed by atoms with Gasteiger partial charge in [-0.1, -0.05) is 18.7 Å². The van der Waals surface area contributed by atoms with E-state index in [1.807, 2.05) is 33.7 Å².